The molecule has 0 aliphatic carbocycles. The number of hydrogen-bond acceptors (Lipinski definition) is 2. The zero-order chi connectivity index (χ0) is 10.2. The van der Waals surface area contributed by atoms with E-state index in [1.54, 1.807) is 22.6 Å². The first-order valence-corrected chi connectivity index (χ1v) is 4.46. The van der Waals surface area contributed by atoms with Gasteiger partial charge in [0.05, 0.1) is 20.5 Å². The van der Waals surface area contributed by atoms with Crippen molar-refractivity contribution in [1.29, 1.82) is 0 Å². The minimum absolute atomic E-state index is 0.138. The number of rotatable bonds is 0. The van der Waals surface area contributed by atoms with Crippen LogP contribution in [0.3, 0.4) is 0 Å². The number of anilines is 1. The van der Waals surface area contributed by atoms with Crippen LogP contribution in [0, 0.1) is 3.57 Å². The Morgan fingerprint density at radius 3 is 2.46 bits per heavy atom. The lowest BCUT2D eigenvalue weighted by molar-refractivity contribution is -0.141. The summed E-state index contributed by atoms with van der Waals surface area (Å²) in [5.74, 6) is 0. The van der Waals surface area contributed by atoms with Gasteiger partial charge in [-0.15, -0.1) is 0 Å². The number of nitrogens with zero attached hydrogens (tertiary/aromatic N) is 1. The molecule has 1 heterocycles. The summed E-state index contributed by atoms with van der Waals surface area (Å²) in [6.07, 6.45) is -3.60. The van der Waals surface area contributed by atoms with Crippen LogP contribution in [-0.4, -0.2) is 4.98 Å². The monoisotopic (exact) mass is 322 g/mol. The smallest absolute Gasteiger partial charge is 0.397 e. The highest BCUT2D eigenvalue weighted by Crippen LogP contribution is 2.36. The van der Waals surface area contributed by atoms with Gasteiger partial charge in [0.25, 0.3) is 0 Å². The Hall–Kier alpha value is -0.240. The maximum Gasteiger partial charge on any atom is 0.434 e. The number of halogens is 5. The number of nitrogens with two attached hydrogens (primary N) is 1. The number of pyridine rings is 1. The number of hydrogen-bond donors (Lipinski definition) is 1. The van der Waals surface area contributed by atoms with Crippen LogP contribution in [0.1, 0.15) is 5.69 Å². The van der Waals surface area contributed by atoms with Crippen LogP contribution in [0.2, 0.25) is 5.02 Å². The van der Waals surface area contributed by atoms with Gasteiger partial charge in [0.15, 0.2) is 5.69 Å². The summed E-state index contributed by atoms with van der Waals surface area (Å²) >= 11 is 7.05. The van der Waals surface area contributed by atoms with Crippen LogP contribution in [0.4, 0.5) is 18.9 Å². The molecule has 0 amide bonds. The molecule has 0 aromatic carbocycles. The Labute approximate surface area is 90.4 Å². The van der Waals surface area contributed by atoms with E-state index in [0.717, 1.165) is 6.20 Å². The topological polar surface area (TPSA) is 38.9 Å². The fraction of sp³-hybridized carbons (Fsp3) is 0.167. The van der Waals surface area contributed by atoms with Crippen molar-refractivity contribution >= 4 is 39.9 Å². The molecule has 1 aromatic rings. The summed E-state index contributed by atoms with van der Waals surface area (Å²) in [7, 11) is 0. The Kier molecular flexibility index (Phi) is 2.91. The molecule has 7 heteroatoms. The third kappa shape index (κ3) is 2.16. The van der Waals surface area contributed by atoms with E-state index in [1.807, 2.05) is 0 Å². The SMILES string of the molecule is Nc1cnc(C(F)(F)F)c(Cl)c1I. The van der Waals surface area contributed by atoms with E-state index < -0.39 is 16.9 Å². The van der Waals surface area contributed by atoms with Gasteiger partial charge in [-0.2, -0.15) is 13.2 Å². The van der Waals surface area contributed by atoms with E-state index in [9.17, 15) is 13.2 Å². The maximum atomic E-state index is 12.2. The lowest BCUT2D eigenvalue weighted by atomic mass is 10.3. The Balaban J connectivity index is 3.35. The van der Waals surface area contributed by atoms with Crippen LogP contribution < -0.4 is 5.73 Å². The lowest BCUT2D eigenvalue weighted by Crippen LogP contribution is -2.10. The zero-order valence-corrected chi connectivity index (χ0v) is 8.91. The van der Waals surface area contributed by atoms with Gasteiger partial charge in [0.1, 0.15) is 0 Å². The molecule has 0 radical (unpaired) electrons. The molecule has 0 saturated heterocycles. The predicted octanol–water partition coefficient (Wildman–Crippen LogP) is 2.94. The lowest BCUT2D eigenvalue weighted by Gasteiger charge is -2.09. The van der Waals surface area contributed by atoms with Crippen molar-refractivity contribution in [2.75, 3.05) is 5.73 Å². The summed E-state index contributed by atoms with van der Waals surface area (Å²) in [5, 5.41) is -0.451. The molecule has 1 aromatic heterocycles. The van der Waals surface area contributed by atoms with Crippen LogP contribution in [0.5, 0.6) is 0 Å². The summed E-state index contributed by atoms with van der Waals surface area (Å²) in [6, 6.07) is 0. The first-order chi connectivity index (χ1) is 5.84. The second-order valence-corrected chi connectivity index (χ2v) is 3.64. The average molecular weight is 322 g/mol. The normalized spacial score (nSPS) is 11.8. The van der Waals surface area contributed by atoms with Gasteiger partial charge in [-0.3, -0.25) is 0 Å². The molecule has 0 atom stereocenters. The molecule has 0 spiro atoms. The first-order valence-electron chi connectivity index (χ1n) is 3.00. The van der Waals surface area contributed by atoms with Gasteiger partial charge in [0, 0.05) is 0 Å². The maximum absolute atomic E-state index is 12.2. The minimum atomic E-state index is -4.54. The standard InChI is InChI=1S/C6H3ClF3IN2/c7-3-4(11)2(12)1-13-5(3)6(8,9)10/h1H,12H2. The van der Waals surface area contributed by atoms with Crippen molar-refractivity contribution in [1.82, 2.24) is 4.98 Å². The highest BCUT2D eigenvalue weighted by Gasteiger charge is 2.36. The van der Waals surface area contributed by atoms with Gasteiger partial charge in [0.2, 0.25) is 0 Å². The predicted molar refractivity (Wildman–Crippen MR) is 51.4 cm³/mol. The summed E-state index contributed by atoms with van der Waals surface area (Å²) < 4.78 is 36.7. The molecule has 0 saturated carbocycles. The van der Waals surface area contributed by atoms with Gasteiger partial charge >= 0.3 is 6.18 Å². The number of alkyl halides is 3. The van der Waals surface area contributed by atoms with Crippen LogP contribution in [-0.2, 0) is 6.18 Å². The Morgan fingerprint density at radius 2 is 2.00 bits per heavy atom. The third-order valence-corrected chi connectivity index (χ3v) is 3.10. The number of nitrogen functional groups attached to an aromatic ring is 1. The molecule has 0 aliphatic heterocycles. The minimum Gasteiger partial charge on any atom is -0.397 e. The van der Waals surface area contributed by atoms with Gasteiger partial charge in [-0.05, 0) is 22.6 Å². The van der Waals surface area contributed by atoms with Crippen molar-refractivity contribution in [2.24, 2.45) is 0 Å². The molecule has 1 rings (SSSR count). The van der Waals surface area contributed by atoms with Crippen molar-refractivity contribution in [3.63, 3.8) is 0 Å². The van der Waals surface area contributed by atoms with E-state index >= 15 is 0 Å². The summed E-state index contributed by atoms with van der Waals surface area (Å²) in [4.78, 5) is 3.12. The molecule has 0 unspecified atom stereocenters. The fourth-order valence-corrected chi connectivity index (χ4v) is 1.34. The van der Waals surface area contributed by atoms with E-state index in [1.165, 1.54) is 0 Å². The van der Waals surface area contributed by atoms with Crippen LogP contribution in [0.25, 0.3) is 0 Å². The average Bonchev–Trinajstić information content (AvgIpc) is 1.98. The van der Waals surface area contributed by atoms with E-state index in [-0.39, 0.29) is 9.26 Å². The zero-order valence-electron chi connectivity index (χ0n) is 5.99. The second kappa shape index (κ2) is 3.49. The first kappa shape index (κ1) is 10.8. The summed E-state index contributed by atoms with van der Waals surface area (Å²) in [5.41, 5.74) is 4.34. The van der Waals surface area contributed by atoms with Crippen LogP contribution >= 0.6 is 34.2 Å². The van der Waals surface area contributed by atoms with E-state index in [4.69, 9.17) is 17.3 Å². The highest BCUT2D eigenvalue weighted by molar-refractivity contribution is 14.1. The van der Waals surface area contributed by atoms with Gasteiger partial charge in [-0.1, -0.05) is 11.6 Å². The molecule has 2 N–H and O–H groups in total. The fourth-order valence-electron chi connectivity index (χ4n) is 0.676. The molecule has 0 aliphatic rings. The van der Waals surface area contributed by atoms with Crippen molar-refractivity contribution in [2.45, 2.75) is 6.18 Å². The van der Waals surface area contributed by atoms with Gasteiger partial charge in [-0.25, -0.2) is 4.98 Å². The van der Waals surface area contributed by atoms with Crippen molar-refractivity contribution < 1.29 is 13.2 Å². The Morgan fingerprint density at radius 1 is 1.46 bits per heavy atom. The highest BCUT2D eigenvalue weighted by atomic mass is 127. The molecular formula is C6H3ClF3IN2. The molecule has 2 nitrogen and oxygen atoms in total. The van der Waals surface area contributed by atoms with Crippen molar-refractivity contribution in [3.05, 3.63) is 20.5 Å². The molecule has 0 bridgehead atoms. The summed E-state index contributed by atoms with van der Waals surface area (Å²) in [6.45, 7) is 0. The third-order valence-electron chi connectivity index (χ3n) is 1.26. The second-order valence-electron chi connectivity index (χ2n) is 2.19. The van der Waals surface area contributed by atoms with Crippen molar-refractivity contribution in [3.8, 4) is 0 Å². The molecule has 0 fully saturated rings. The van der Waals surface area contributed by atoms with E-state index in [0.29, 0.717) is 0 Å². The Bertz CT molecular complexity index is 339. The largest absolute Gasteiger partial charge is 0.434 e. The van der Waals surface area contributed by atoms with E-state index in [2.05, 4.69) is 4.98 Å². The molecule has 72 valence electrons. The molecular weight excluding hydrogens is 319 g/mol. The van der Waals surface area contributed by atoms with Gasteiger partial charge < -0.3 is 5.73 Å². The number of aromatic nitrogens is 1. The quantitative estimate of drug-likeness (QED) is 0.746. The van der Waals surface area contributed by atoms with Crippen LogP contribution in [0.15, 0.2) is 6.20 Å². The molecule has 13 heavy (non-hydrogen) atoms.